The van der Waals surface area contributed by atoms with Crippen molar-refractivity contribution in [1.82, 2.24) is 9.80 Å². The minimum absolute atomic E-state index is 0.0863. The molecule has 6 nitrogen and oxygen atoms in total. The number of carbonyl (C=O) groups excluding carboxylic acids is 2. The molecule has 3 saturated heterocycles. The Balaban J connectivity index is 1.20. The van der Waals surface area contributed by atoms with Crippen LogP contribution in [0.25, 0.3) is 0 Å². The standard InChI is InChI=1S/C23H30FN3O3/c1-2-30-23(29)26-18-5-6-19(26)10-15(9-18)13-25-8-7-20(14-25)27-21-12-17(24)4-3-16(21)11-22(27)28/h3-4,12,15,18-20H,2,5-11,13-14H2,1H3/t18-,19-,20-/m0/s1. The number of hydrogen-bond donors (Lipinski definition) is 0. The number of amides is 2. The molecule has 3 fully saturated rings. The van der Waals surface area contributed by atoms with Crippen molar-refractivity contribution in [3.05, 3.63) is 29.6 Å². The van der Waals surface area contributed by atoms with Gasteiger partial charge in [0.15, 0.2) is 0 Å². The third-order valence-electron chi connectivity index (χ3n) is 7.36. The predicted octanol–water partition coefficient (Wildman–Crippen LogP) is 3.19. The molecule has 1 aromatic rings. The van der Waals surface area contributed by atoms with Gasteiger partial charge in [0, 0.05) is 31.7 Å². The van der Waals surface area contributed by atoms with Gasteiger partial charge in [-0.25, -0.2) is 9.18 Å². The lowest BCUT2D eigenvalue weighted by Gasteiger charge is -2.39. The van der Waals surface area contributed by atoms with Gasteiger partial charge < -0.3 is 19.4 Å². The smallest absolute Gasteiger partial charge is 0.410 e. The maximum atomic E-state index is 13.8. The van der Waals surface area contributed by atoms with Crippen LogP contribution in [0.15, 0.2) is 18.2 Å². The molecule has 1 aromatic carbocycles. The second kappa shape index (κ2) is 7.84. The first-order valence-corrected chi connectivity index (χ1v) is 11.3. The van der Waals surface area contributed by atoms with E-state index in [2.05, 4.69) is 4.90 Å². The summed E-state index contributed by atoms with van der Waals surface area (Å²) >= 11 is 0. The lowest BCUT2D eigenvalue weighted by molar-refractivity contribution is -0.117. The zero-order valence-corrected chi connectivity index (χ0v) is 17.6. The van der Waals surface area contributed by atoms with Gasteiger partial charge >= 0.3 is 6.09 Å². The molecule has 0 radical (unpaired) electrons. The van der Waals surface area contributed by atoms with Gasteiger partial charge in [-0.2, -0.15) is 0 Å². The van der Waals surface area contributed by atoms with Crippen molar-refractivity contribution in [3.63, 3.8) is 0 Å². The fraction of sp³-hybridized carbons (Fsp3) is 0.652. The van der Waals surface area contributed by atoms with Crippen LogP contribution < -0.4 is 4.90 Å². The van der Waals surface area contributed by atoms with E-state index in [1.54, 1.807) is 6.07 Å². The summed E-state index contributed by atoms with van der Waals surface area (Å²) in [6.45, 7) is 5.10. The largest absolute Gasteiger partial charge is 0.450 e. The highest BCUT2D eigenvalue weighted by atomic mass is 19.1. The van der Waals surface area contributed by atoms with Crippen molar-refractivity contribution in [2.24, 2.45) is 5.92 Å². The summed E-state index contributed by atoms with van der Waals surface area (Å²) in [5, 5.41) is 0. The molecular formula is C23H30FN3O3. The quantitative estimate of drug-likeness (QED) is 0.758. The number of carbonyl (C=O) groups is 2. The Morgan fingerprint density at radius 1 is 1.17 bits per heavy atom. The van der Waals surface area contributed by atoms with Crippen LogP contribution in [0.4, 0.5) is 14.9 Å². The number of rotatable bonds is 4. The van der Waals surface area contributed by atoms with E-state index in [1.807, 2.05) is 16.7 Å². The number of ether oxygens (including phenoxy) is 1. The maximum absolute atomic E-state index is 13.8. The molecule has 4 aliphatic heterocycles. The molecule has 3 atom stereocenters. The van der Waals surface area contributed by atoms with Crippen molar-refractivity contribution >= 4 is 17.7 Å². The Morgan fingerprint density at radius 2 is 1.93 bits per heavy atom. The van der Waals surface area contributed by atoms with Gasteiger partial charge in [0.2, 0.25) is 5.91 Å². The minimum Gasteiger partial charge on any atom is -0.450 e. The minimum atomic E-state index is -0.285. The van der Waals surface area contributed by atoms with Crippen molar-refractivity contribution in [1.29, 1.82) is 0 Å². The normalized spacial score (nSPS) is 30.8. The average molecular weight is 416 g/mol. The average Bonchev–Trinajstić information content (AvgIpc) is 3.36. The summed E-state index contributed by atoms with van der Waals surface area (Å²) in [5.74, 6) is 0.376. The number of piperidine rings is 1. The molecule has 0 aliphatic carbocycles. The number of benzene rings is 1. The van der Waals surface area contributed by atoms with E-state index >= 15 is 0 Å². The summed E-state index contributed by atoms with van der Waals surface area (Å²) in [6.07, 6.45) is 5.38. The summed E-state index contributed by atoms with van der Waals surface area (Å²) in [7, 11) is 0. The molecule has 30 heavy (non-hydrogen) atoms. The Morgan fingerprint density at radius 3 is 2.67 bits per heavy atom. The predicted molar refractivity (Wildman–Crippen MR) is 111 cm³/mol. The van der Waals surface area contributed by atoms with Gasteiger partial charge in [0.25, 0.3) is 0 Å². The lowest BCUT2D eigenvalue weighted by Crippen LogP contribution is -2.48. The van der Waals surface area contributed by atoms with Gasteiger partial charge in [-0.1, -0.05) is 6.07 Å². The first-order chi connectivity index (χ1) is 14.5. The van der Waals surface area contributed by atoms with Crippen LogP contribution in [-0.4, -0.2) is 66.2 Å². The Bertz CT molecular complexity index is 833. The third kappa shape index (κ3) is 3.47. The van der Waals surface area contributed by atoms with Crippen LogP contribution in [0.3, 0.4) is 0 Å². The van der Waals surface area contributed by atoms with Crippen LogP contribution in [-0.2, 0) is 16.0 Å². The van der Waals surface area contributed by atoms with Crippen molar-refractivity contribution in [2.75, 3.05) is 31.1 Å². The molecule has 2 amide bonds. The maximum Gasteiger partial charge on any atom is 0.410 e. The topological polar surface area (TPSA) is 53.1 Å². The van der Waals surface area contributed by atoms with Crippen molar-refractivity contribution < 1.29 is 18.7 Å². The lowest BCUT2D eigenvalue weighted by atomic mass is 9.90. The van der Waals surface area contributed by atoms with Crippen LogP contribution >= 0.6 is 0 Å². The van der Waals surface area contributed by atoms with E-state index in [9.17, 15) is 14.0 Å². The van der Waals surface area contributed by atoms with E-state index in [0.29, 0.717) is 31.0 Å². The molecule has 7 heteroatoms. The fourth-order valence-corrected chi connectivity index (χ4v) is 6.18. The van der Waals surface area contributed by atoms with E-state index in [-0.39, 0.29) is 23.9 Å². The molecular weight excluding hydrogens is 385 g/mol. The number of halogens is 1. The van der Waals surface area contributed by atoms with Crippen LogP contribution in [0.1, 0.15) is 44.6 Å². The third-order valence-corrected chi connectivity index (χ3v) is 7.36. The first kappa shape index (κ1) is 19.8. The summed E-state index contributed by atoms with van der Waals surface area (Å²) in [4.78, 5) is 31.2. The molecule has 4 aliphatic rings. The summed E-state index contributed by atoms with van der Waals surface area (Å²) in [5.41, 5.74) is 1.69. The first-order valence-electron chi connectivity index (χ1n) is 11.3. The van der Waals surface area contributed by atoms with Crippen LogP contribution in [0.5, 0.6) is 0 Å². The van der Waals surface area contributed by atoms with E-state index in [1.165, 1.54) is 12.1 Å². The molecule has 0 N–H and O–H groups in total. The molecule has 2 bridgehead atoms. The molecule has 0 unspecified atom stereocenters. The molecule has 162 valence electrons. The number of fused-ring (bicyclic) bond motifs is 3. The van der Waals surface area contributed by atoms with Gasteiger partial charge in [-0.3, -0.25) is 4.79 Å². The van der Waals surface area contributed by atoms with Gasteiger partial charge in [0.1, 0.15) is 5.82 Å². The SMILES string of the molecule is CCOC(=O)N1[C@H]2CC[C@H]1CC(CN1CC[C@H](N3C(=O)Cc4ccc(F)cc43)C1)C2. The molecule has 0 saturated carbocycles. The van der Waals surface area contributed by atoms with Crippen LogP contribution in [0, 0.1) is 11.7 Å². The monoisotopic (exact) mass is 415 g/mol. The van der Waals surface area contributed by atoms with Crippen molar-refractivity contribution in [3.8, 4) is 0 Å². The second-order valence-corrected chi connectivity index (χ2v) is 9.24. The van der Waals surface area contributed by atoms with Gasteiger partial charge in [0.05, 0.1) is 24.8 Å². The van der Waals surface area contributed by atoms with E-state index in [4.69, 9.17) is 4.74 Å². The number of hydrogen-bond acceptors (Lipinski definition) is 4. The summed E-state index contributed by atoms with van der Waals surface area (Å²) in [6, 6.07) is 5.42. The summed E-state index contributed by atoms with van der Waals surface area (Å²) < 4.78 is 19.0. The zero-order valence-electron chi connectivity index (χ0n) is 17.6. The highest BCUT2D eigenvalue weighted by Crippen LogP contribution is 2.40. The number of nitrogens with zero attached hydrogens (tertiary/aromatic N) is 3. The van der Waals surface area contributed by atoms with Gasteiger partial charge in [-0.15, -0.1) is 0 Å². The van der Waals surface area contributed by atoms with Crippen LogP contribution in [0.2, 0.25) is 0 Å². The Hall–Kier alpha value is -2.15. The Kier molecular flexibility index (Phi) is 5.17. The van der Waals surface area contributed by atoms with E-state index < -0.39 is 0 Å². The highest BCUT2D eigenvalue weighted by Gasteiger charge is 2.45. The molecule has 4 heterocycles. The Labute approximate surface area is 176 Å². The van der Waals surface area contributed by atoms with E-state index in [0.717, 1.165) is 63.0 Å². The second-order valence-electron chi connectivity index (χ2n) is 9.24. The van der Waals surface area contributed by atoms with Gasteiger partial charge in [-0.05, 0) is 62.6 Å². The fourth-order valence-electron chi connectivity index (χ4n) is 6.18. The molecule has 0 spiro atoms. The number of likely N-dealkylation sites (tertiary alicyclic amines) is 1. The number of anilines is 1. The molecule has 0 aromatic heterocycles. The molecule has 5 rings (SSSR count). The zero-order chi connectivity index (χ0) is 20.8. The van der Waals surface area contributed by atoms with Crippen molar-refractivity contribution in [2.45, 2.75) is 63.6 Å². The highest BCUT2D eigenvalue weighted by molar-refractivity contribution is 6.02.